The second-order valence-corrected chi connectivity index (χ2v) is 6.58. The van der Waals surface area contributed by atoms with Crippen LogP contribution in [0, 0.1) is 16.3 Å². The van der Waals surface area contributed by atoms with Gasteiger partial charge in [-0.2, -0.15) is 0 Å². The number of halogens is 2. The van der Waals surface area contributed by atoms with Crippen LogP contribution in [0.1, 0.15) is 36.1 Å². The van der Waals surface area contributed by atoms with Crippen molar-refractivity contribution in [3.63, 3.8) is 0 Å². The molecular formula is C18H21FIN. The monoisotopic (exact) mass is 397 g/mol. The SMILES string of the molecule is CCCNC(Cc1ccc(I)cc1)c1ccc(F)cc1C. The molecule has 0 bridgehead atoms. The Balaban J connectivity index is 2.22. The van der Waals surface area contributed by atoms with E-state index < -0.39 is 0 Å². The molecule has 1 atom stereocenters. The molecule has 3 heteroatoms. The molecule has 1 unspecified atom stereocenters. The maximum atomic E-state index is 13.3. The molecule has 1 nitrogen and oxygen atoms in total. The van der Waals surface area contributed by atoms with Gasteiger partial charge in [0.15, 0.2) is 0 Å². The molecular weight excluding hydrogens is 376 g/mol. The zero-order valence-electron chi connectivity index (χ0n) is 12.5. The molecule has 0 aliphatic carbocycles. The van der Waals surface area contributed by atoms with Crippen LogP contribution in [0.15, 0.2) is 42.5 Å². The van der Waals surface area contributed by atoms with Gasteiger partial charge in [0.05, 0.1) is 0 Å². The van der Waals surface area contributed by atoms with Gasteiger partial charge in [-0.25, -0.2) is 4.39 Å². The maximum Gasteiger partial charge on any atom is 0.123 e. The van der Waals surface area contributed by atoms with Crippen molar-refractivity contribution >= 4 is 22.6 Å². The van der Waals surface area contributed by atoms with Gasteiger partial charge in [0.2, 0.25) is 0 Å². The average Bonchev–Trinajstić information content (AvgIpc) is 2.46. The number of rotatable bonds is 6. The Bertz CT molecular complexity index is 580. The zero-order valence-corrected chi connectivity index (χ0v) is 14.7. The molecule has 0 aliphatic rings. The minimum atomic E-state index is -0.167. The summed E-state index contributed by atoms with van der Waals surface area (Å²) in [5.74, 6) is -0.167. The lowest BCUT2D eigenvalue weighted by Gasteiger charge is -2.21. The average molecular weight is 397 g/mol. The molecule has 0 amide bonds. The van der Waals surface area contributed by atoms with Crippen molar-refractivity contribution in [2.24, 2.45) is 0 Å². The summed E-state index contributed by atoms with van der Waals surface area (Å²) in [6, 6.07) is 13.9. The first-order chi connectivity index (χ1) is 10.1. The van der Waals surface area contributed by atoms with Crippen molar-refractivity contribution in [2.45, 2.75) is 32.7 Å². The van der Waals surface area contributed by atoms with Gasteiger partial charge in [-0.3, -0.25) is 0 Å². The molecule has 0 spiro atoms. The first-order valence-electron chi connectivity index (χ1n) is 7.34. The van der Waals surface area contributed by atoms with Crippen LogP contribution in [-0.2, 0) is 6.42 Å². The van der Waals surface area contributed by atoms with E-state index in [-0.39, 0.29) is 11.9 Å². The highest BCUT2D eigenvalue weighted by molar-refractivity contribution is 14.1. The Morgan fingerprint density at radius 2 is 1.86 bits per heavy atom. The summed E-state index contributed by atoms with van der Waals surface area (Å²) >= 11 is 2.32. The third-order valence-corrected chi connectivity index (χ3v) is 4.32. The number of hydrogen-bond acceptors (Lipinski definition) is 1. The standard InChI is InChI=1S/C18H21FIN/c1-3-10-21-18(12-14-4-7-16(20)8-5-14)17-9-6-15(19)11-13(17)2/h4-9,11,18,21H,3,10,12H2,1-2H3. The summed E-state index contributed by atoms with van der Waals surface area (Å²) in [7, 11) is 0. The van der Waals surface area contributed by atoms with Gasteiger partial charge in [-0.15, -0.1) is 0 Å². The Morgan fingerprint density at radius 3 is 2.48 bits per heavy atom. The van der Waals surface area contributed by atoms with Crippen molar-refractivity contribution in [2.75, 3.05) is 6.54 Å². The number of hydrogen-bond donors (Lipinski definition) is 1. The van der Waals surface area contributed by atoms with E-state index in [0.717, 1.165) is 24.9 Å². The number of nitrogens with one attached hydrogen (secondary N) is 1. The fraction of sp³-hybridized carbons (Fsp3) is 0.333. The minimum Gasteiger partial charge on any atom is -0.310 e. The first-order valence-corrected chi connectivity index (χ1v) is 8.42. The van der Waals surface area contributed by atoms with Crippen molar-refractivity contribution in [1.29, 1.82) is 0 Å². The molecule has 0 aliphatic heterocycles. The highest BCUT2D eigenvalue weighted by Crippen LogP contribution is 2.23. The van der Waals surface area contributed by atoms with E-state index in [0.29, 0.717) is 0 Å². The zero-order chi connectivity index (χ0) is 15.2. The van der Waals surface area contributed by atoms with E-state index in [1.807, 2.05) is 13.0 Å². The fourth-order valence-electron chi connectivity index (χ4n) is 2.50. The van der Waals surface area contributed by atoms with E-state index in [4.69, 9.17) is 0 Å². The van der Waals surface area contributed by atoms with Crippen LogP contribution >= 0.6 is 22.6 Å². The van der Waals surface area contributed by atoms with E-state index in [2.05, 4.69) is 59.1 Å². The molecule has 21 heavy (non-hydrogen) atoms. The summed E-state index contributed by atoms with van der Waals surface area (Å²) in [6.07, 6.45) is 2.01. The van der Waals surface area contributed by atoms with Crippen LogP contribution in [0.2, 0.25) is 0 Å². The largest absolute Gasteiger partial charge is 0.310 e. The lowest BCUT2D eigenvalue weighted by Crippen LogP contribution is -2.24. The van der Waals surface area contributed by atoms with Crippen molar-refractivity contribution in [3.8, 4) is 0 Å². The van der Waals surface area contributed by atoms with E-state index in [1.165, 1.54) is 14.7 Å². The Labute approximate surface area is 140 Å². The van der Waals surface area contributed by atoms with Crippen LogP contribution in [0.25, 0.3) is 0 Å². The normalized spacial score (nSPS) is 12.4. The molecule has 0 saturated carbocycles. The van der Waals surface area contributed by atoms with E-state index >= 15 is 0 Å². The summed E-state index contributed by atoms with van der Waals surface area (Å²) < 4.78 is 14.6. The quantitative estimate of drug-likeness (QED) is 0.675. The Morgan fingerprint density at radius 1 is 1.14 bits per heavy atom. The van der Waals surface area contributed by atoms with Crippen LogP contribution in [0.5, 0.6) is 0 Å². The molecule has 2 aromatic rings. The molecule has 2 aromatic carbocycles. The summed E-state index contributed by atoms with van der Waals surface area (Å²) in [5.41, 5.74) is 3.49. The van der Waals surface area contributed by atoms with E-state index in [1.54, 1.807) is 12.1 Å². The van der Waals surface area contributed by atoms with Crippen LogP contribution in [0.4, 0.5) is 4.39 Å². The van der Waals surface area contributed by atoms with Crippen LogP contribution in [-0.4, -0.2) is 6.54 Å². The smallest absolute Gasteiger partial charge is 0.123 e. The molecule has 0 heterocycles. The second-order valence-electron chi connectivity index (χ2n) is 5.34. The summed E-state index contributed by atoms with van der Waals surface area (Å²) in [5, 5.41) is 3.58. The van der Waals surface area contributed by atoms with Gasteiger partial charge in [-0.05, 0) is 89.9 Å². The summed E-state index contributed by atoms with van der Waals surface area (Å²) in [4.78, 5) is 0. The third kappa shape index (κ3) is 4.78. The number of aryl methyl sites for hydroxylation is 1. The Kier molecular flexibility index (Phi) is 6.18. The predicted octanol–water partition coefficient (Wildman–Crippen LogP) is 5.02. The van der Waals surface area contributed by atoms with Crippen LogP contribution in [0.3, 0.4) is 0 Å². The molecule has 0 aromatic heterocycles. The molecule has 2 rings (SSSR count). The fourth-order valence-corrected chi connectivity index (χ4v) is 2.86. The van der Waals surface area contributed by atoms with Crippen molar-refractivity contribution in [3.05, 3.63) is 68.5 Å². The highest BCUT2D eigenvalue weighted by atomic mass is 127. The maximum absolute atomic E-state index is 13.3. The first kappa shape index (κ1) is 16.4. The van der Waals surface area contributed by atoms with Gasteiger partial charge in [0.25, 0.3) is 0 Å². The second kappa shape index (κ2) is 7.90. The molecule has 0 saturated heterocycles. The lowest BCUT2D eigenvalue weighted by atomic mass is 9.95. The van der Waals surface area contributed by atoms with Gasteiger partial charge in [0, 0.05) is 9.61 Å². The highest BCUT2D eigenvalue weighted by Gasteiger charge is 2.14. The lowest BCUT2D eigenvalue weighted by molar-refractivity contribution is 0.525. The van der Waals surface area contributed by atoms with Crippen molar-refractivity contribution < 1.29 is 4.39 Å². The van der Waals surface area contributed by atoms with Gasteiger partial charge in [0.1, 0.15) is 5.82 Å². The van der Waals surface area contributed by atoms with Gasteiger partial charge in [-0.1, -0.05) is 25.1 Å². The minimum absolute atomic E-state index is 0.167. The summed E-state index contributed by atoms with van der Waals surface area (Å²) in [6.45, 7) is 5.10. The van der Waals surface area contributed by atoms with Gasteiger partial charge < -0.3 is 5.32 Å². The molecule has 112 valence electrons. The topological polar surface area (TPSA) is 12.0 Å². The molecule has 1 N–H and O–H groups in total. The van der Waals surface area contributed by atoms with Crippen molar-refractivity contribution in [1.82, 2.24) is 5.32 Å². The van der Waals surface area contributed by atoms with Crippen LogP contribution < -0.4 is 5.32 Å². The van der Waals surface area contributed by atoms with E-state index in [9.17, 15) is 4.39 Å². The molecule has 0 radical (unpaired) electrons. The Hall–Kier alpha value is -0.940. The molecule has 0 fully saturated rings. The number of benzene rings is 2. The third-order valence-electron chi connectivity index (χ3n) is 3.60. The van der Waals surface area contributed by atoms with Gasteiger partial charge >= 0.3 is 0 Å². The predicted molar refractivity (Wildman–Crippen MR) is 95.0 cm³/mol.